The minimum absolute atomic E-state index is 0.0429. The zero-order valence-electron chi connectivity index (χ0n) is 25.0. The Morgan fingerprint density at radius 2 is 1.59 bits per heavy atom. The molecule has 5 rings (SSSR count). The summed E-state index contributed by atoms with van der Waals surface area (Å²) in [5.41, 5.74) is 5.54. The highest BCUT2D eigenvalue weighted by Gasteiger charge is 2.32. The summed E-state index contributed by atoms with van der Waals surface area (Å²) < 4.78 is 14.5. The number of phenolic OH excluding ortho intramolecular Hbond substituents is 1. The van der Waals surface area contributed by atoms with Gasteiger partial charge in [-0.25, -0.2) is 5.48 Å². The Balaban J connectivity index is 1.23. The molecule has 0 unspecified atom stereocenters. The number of nitrogens with zero attached hydrogens (tertiary/aromatic N) is 4. The lowest BCUT2D eigenvalue weighted by Crippen LogP contribution is -2.31. The number of anilines is 1. The maximum absolute atomic E-state index is 12.4. The lowest BCUT2D eigenvalue weighted by Gasteiger charge is -2.36. The third-order valence-electron chi connectivity index (χ3n) is 7.45. The summed E-state index contributed by atoms with van der Waals surface area (Å²) in [7, 11) is 0. The molecule has 0 aliphatic carbocycles. The molecule has 1 aromatic heterocycles. The summed E-state index contributed by atoms with van der Waals surface area (Å²) >= 11 is 1.45. The fourth-order valence-electron chi connectivity index (χ4n) is 4.97. The van der Waals surface area contributed by atoms with Crippen molar-refractivity contribution >= 4 is 29.3 Å². The molecule has 46 heavy (non-hydrogen) atoms. The fraction of sp³-hybridized carbons (Fsp3) is 0.344. The van der Waals surface area contributed by atoms with Crippen molar-refractivity contribution < 1.29 is 34.5 Å². The SMILES string of the molecule is O=C(CCCCCC(=O)Nc1ccc([C@H]2O[C@@H](CSc3nnnn3-c3ccc(O)cc3)C[C@@H](c3ccc(CO)cc3)O2)cc1)NO. The van der Waals surface area contributed by atoms with E-state index in [9.17, 15) is 19.8 Å². The molecule has 1 aliphatic rings. The van der Waals surface area contributed by atoms with E-state index in [1.807, 2.05) is 36.4 Å². The average molecular weight is 649 g/mol. The monoisotopic (exact) mass is 648 g/mol. The van der Waals surface area contributed by atoms with Gasteiger partial charge in [0.15, 0.2) is 6.29 Å². The van der Waals surface area contributed by atoms with Crippen molar-refractivity contribution in [2.45, 2.75) is 68.8 Å². The normalized spacial score (nSPS) is 17.8. The number of aliphatic hydroxyl groups is 1. The van der Waals surface area contributed by atoms with Crippen LogP contribution < -0.4 is 10.8 Å². The van der Waals surface area contributed by atoms with Gasteiger partial charge in [-0.15, -0.1) is 5.10 Å². The molecule has 2 amide bonds. The maximum Gasteiger partial charge on any atom is 0.243 e. The Hall–Kier alpha value is -4.34. The average Bonchev–Trinajstić information content (AvgIpc) is 3.56. The molecule has 1 fully saturated rings. The van der Waals surface area contributed by atoms with Gasteiger partial charge in [-0.3, -0.25) is 14.8 Å². The first-order valence-electron chi connectivity index (χ1n) is 15.0. The molecule has 5 N–H and O–H groups in total. The number of hydrogen-bond acceptors (Lipinski definition) is 11. The number of rotatable bonds is 14. The lowest BCUT2D eigenvalue weighted by molar-refractivity contribution is -0.245. The third kappa shape index (κ3) is 9.11. The van der Waals surface area contributed by atoms with Crippen LogP contribution in [0.3, 0.4) is 0 Å². The van der Waals surface area contributed by atoms with E-state index in [-0.39, 0.29) is 36.9 Å². The molecule has 13 nitrogen and oxygen atoms in total. The van der Waals surface area contributed by atoms with Gasteiger partial charge in [0, 0.05) is 36.3 Å². The summed E-state index contributed by atoms with van der Waals surface area (Å²) in [4.78, 5) is 23.5. The predicted octanol–water partition coefficient (Wildman–Crippen LogP) is 4.59. The highest BCUT2D eigenvalue weighted by molar-refractivity contribution is 7.99. The van der Waals surface area contributed by atoms with Gasteiger partial charge in [0.2, 0.25) is 17.0 Å². The molecular weight excluding hydrogens is 612 g/mol. The van der Waals surface area contributed by atoms with Crippen molar-refractivity contribution in [3.63, 3.8) is 0 Å². The number of tetrazole rings is 1. The number of carbonyl (C=O) groups is 2. The number of benzene rings is 3. The van der Waals surface area contributed by atoms with Crippen molar-refractivity contribution in [1.29, 1.82) is 0 Å². The highest BCUT2D eigenvalue weighted by Crippen LogP contribution is 2.39. The van der Waals surface area contributed by atoms with Gasteiger partial charge < -0.3 is 25.0 Å². The van der Waals surface area contributed by atoms with Crippen LogP contribution in [0.4, 0.5) is 5.69 Å². The van der Waals surface area contributed by atoms with Crippen LogP contribution in [0, 0.1) is 0 Å². The summed E-state index contributed by atoms with van der Waals surface area (Å²) in [5.74, 6) is 0.143. The molecule has 3 aromatic carbocycles. The van der Waals surface area contributed by atoms with Gasteiger partial charge in [-0.1, -0.05) is 54.6 Å². The predicted molar refractivity (Wildman–Crippen MR) is 168 cm³/mol. The fourth-order valence-corrected chi connectivity index (χ4v) is 5.87. The molecule has 242 valence electrons. The number of carbonyl (C=O) groups excluding carboxylic acids is 2. The molecule has 4 aromatic rings. The number of unbranched alkanes of at least 4 members (excludes halogenated alkanes) is 2. The quantitative estimate of drug-likeness (QED) is 0.0558. The van der Waals surface area contributed by atoms with E-state index in [0.29, 0.717) is 48.7 Å². The van der Waals surface area contributed by atoms with Crippen LogP contribution in [0.25, 0.3) is 5.69 Å². The molecule has 0 radical (unpaired) electrons. The lowest BCUT2D eigenvalue weighted by atomic mass is 10.0. The van der Waals surface area contributed by atoms with Crippen LogP contribution in [0.2, 0.25) is 0 Å². The van der Waals surface area contributed by atoms with Gasteiger partial charge in [-0.2, -0.15) is 4.68 Å². The molecule has 1 saturated heterocycles. The van der Waals surface area contributed by atoms with Gasteiger partial charge in [-0.05, 0) is 70.8 Å². The number of thioether (sulfide) groups is 1. The minimum Gasteiger partial charge on any atom is -0.508 e. The molecule has 14 heteroatoms. The number of hydroxylamine groups is 1. The zero-order valence-corrected chi connectivity index (χ0v) is 25.8. The summed E-state index contributed by atoms with van der Waals surface area (Å²) in [6, 6.07) is 21.6. The van der Waals surface area contributed by atoms with E-state index in [1.165, 1.54) is 11.8 Å². The number of phenols is 1. The van der Waals surface area contributed by atoms with Crippen LogP contribution in [0.5, 0.6) is 5.75 Å². The molecule has 0 saturated carbocycles. The standard InChI is InChI=1S/C32H36N6O7S/c39-19-21-6-8-22(9-7-21)28-18-27(20-46-32-34-36-37-38(32)25-14-16-26(40)17-15-25)44-31(45-28)23-10-12-24(13-11-23)33-29(41)4-2-1-3-5-30(42)35-43/h6-17,27-28,31,39-40,43H,1-5,18-20H2,(H,33,41)(H,35,42)/t27-,28+,31+/m1/s1. The van der Waals surface area contributed by atoms with Crippen molar-refractivity contribution in [1.82, 2.24) is 25.7 Å². The topological polar surface area (TPSA) is 181 Å². The number of hydrogen-bond donors (Lipinski definition) is 5. The number of amides is 2. The molecule has 0 bridgehead atoms. The van der Waals surface area contributed by atoms with Crippen LogP contribution in [-0.2, 0) is 25.7 Å². The first-order chi connectivity index (χ1) is 22.4. The largest absolute Gasteiger partial charge is 0.508 e. The Labute approximate surface area is 269 Å². The van der Waals surface area contributed by atoms with E-state index < -0.39 is 12.2 Å². The second-order valence-electron chi connectivity index (χ2n) is 10.8. The number of aromatic nitrogens is 4. The van der Waals surface area contributed by atoms with Crippen LogP contribution in [-0.4, -0.2) is 59.3 Å². The van der Waals surface area contributed by atoms with Gasteiger partial charge in [0.25, 0.3) is 0 Å². The first-order valence-corrected chi connectivity index (χ1v) is 15.9. The van der Waals surface area contributed by atoms with Crippen LogP contribution in [0.1, 0.15) is 67.6 Å². The highest BCUT2D eigenvalue weighted by atomic mass is 32.2. The van der Waals surface area contributed by atoms with Crippen molar-refractivity contribution in [2.24, 2.45) is 0 Å². The van der Waals surface area contributed by atoms with Gasteiger partial charge >= 0.3 is 0 Å². The number of ether oxygens (including phenoxy) is 2. The molecule has 0 spiro atoms. The Morgan fingerprint density at radius 1 is 0.891 bits per heavy atom. The second kappa shape index (κ2) is 16.3. The van der Waals surface area contributed by atoms with Crippen molar-refractivity contribution in [3.05, 3.63) is 89.5 Å². The number of aliphatic hydroxyl groups excluding tert-OH is 1. The summed E-state index contributed by atoms with van der Waals surface area (Å²) in [6.45, 7) is -0.0429. The van der Waals surface area contributed by atoms with Crippen LogP contribution >= 0.6 is 11.8 Å². The zero-order chi connectivity index (χ0) is 32.3. The molecular formula is C32H36N6O7S. The summed E-state index contributed by atoms with van der Waals surface area (Å²) in [5, 5.41) is 43.3. The second-order valence-corrected chi connectivity index (χ2v) is 11.8. The smallest absolute Gasteiger partial charge is 0.243 e. The first kappa shape index (κ1) is 33.0. The van der Waals surface area contributed by atoms with Crippen molar-refractivity contribution in [2.75, 3.05) is 11.1 Å². The maximum atomic E-state index is 12.4. The van der Waals surface area contributed by atoms with Gasteiger partial charge in [0.1, 0.15) is 5.75 Å². The van der Waals surface area contributed by atoms with E-state index in [0.717, 1.165) is 22.4 Å². The Morgan fingerprint density at radius 3 is 2.28 bits per heavy atom. The summed E-state index contributed by atoms with van der Waals surface area (Å²) in [6.07, 6.45) is 1.89. The molecule has 2 heterocycles. The Bertz CT molecular complexity index is 1570. The van der Waals surface area contributed by atoms with E-state index >= 15 is 0 Å². The third-order valence-corrected chi connectivity index (χ3v) is 8.50. The van der Waals surface area contributed by atoms with Crippen molar-refractivity contribution in [3.8, 4) is 11.4 Å². The van der Waals surface area contributed by atoms with E-state index in [2.05, 4.69) is 20.8 Å². The Kier molecular flexibility index (Phi) is 11.7. The minimum atomic E-state index is -0.671. The van der Waals surface area contributed by atoms with E-state index in [1.54, 1.807) is 46.6 Å². The molecule has 3 atom stereocenters. The van der Waals surface area contributed by atoms with Gasteiger partial charge in [0.05, 0.1) is 24.5 Å². The molecule has 1 aliphatic heterocycles. The van der Waals surface area contributed by atoms with Crippen LogP contribution in [0.15, 0.2) is 78.0 Å². The number of aromatic hydroxyl groups is 1. The number of nitrogens with one attached hydrogen (secondary N) is 2. The van der Waals surface area contributed by atoms with E-state index in [4.69, 9.17) is 14.7 Å².